The first kappa shape index (κ1) is 8.96. The summed E-state index contributed by atoms with van der Waals surface area (Å²) in [6.45, 7) is 0. The van der Waals surface area contributed by atoms with Gasteiger partial charge in [-0.2, -0.15) is 4.99 Å². The van der Waals surface area contributed by atoms with Gasteiger partial charge in [-0.15, -0.1) is 15.1 Å². The molecule has 2 rings (SSSR count). The van der Waals surface area contributed by atoms with Crippen molar-refractivity contribution in [3.8, 4) is 0 Å². The van der Waals surface area contributed by atoms with E-state index in [2.05, 4.69) is 20.4 Å². The maximum absolute atomic E-state index is 10.7. The molecule has 1 aliphatic heterocycles. The lowest BCUT2D eigenvalue weighted by molar-refractivity contribution is 0.492. The van der Waals surface area contributed by atoms with Crippen LogP contribution in [0.1, 0.15) is 5.56 Å². The summed E-state index contributed by atoms with van der Waals surface area (Å²) in [7, 11) is 0. The molecule has 0 saturated heterocycles. The van der Waals surface area contributed by atoms with Crippen molar-refractivity contribution in [2.45, 2.75) is 5.79 Å². The molecule has 1 aromatic carbocycles. The smallest absolute Gasteiger partial charge is 0.193 e. The van der Waals surface area contributed by atoms with E-state index in [9.17, 15) is 4.91 Å². The van der Waals surface area contributed by atoms with Gasteiger partial charge >= 0.3 is 5.79 Å². The third kappa shape index (κ3) is 1.31. The quantitative estimate of drug-likeness (QED) is 0.544. The van der Waals surface area contributed by atoms with Gasteiger partial charge in [-0.25, -0.2) is 0 Å². The second-order valence-corrected chi connectivity index (χ2v) is 3.01. The van der Waals surface area contributed by atoms with Crippen LogP contribution in [0.5, 0.6) is 0 Å². The zero-order chi connectivity index (χ0) is 10.0. The van der Waals surface area contributed by atoms with Gasteiger partial charge in [-0.1, -0.05) is 30.3 Å². The van der Waals surface area contributed by atoms with Gasteiger partial charge in [-0.05, 0) is 16.8 Å². The Labute approximate surface area is 84.5 Å². The monoisotopic (exact) mass is 208 g/mol. The van der Waals surface area contributed by atoms with Crippen molar-refractivity contribution in [3.63, 3.8) is 0 Å². The van der Waals surface area contributed by atoms with Crippen LogP contribution in [0.4, 0.5) is 0 Å². The van der Waals surface area contributed by atoms with Gasteiger partial charge < -0.3 is 0 Å². The summed E-state index contributed by atoms with van der Waals surface area (Å²) in [5.74, 6) is -1.52. The van der Waals surface area contributed by atoms with Crippen LogP contribution in [0.2, 0.25) is 0 Å². The molecule has 1 unspecified atom stereocenters. The largest absolute Gasteiger partial charge is 0.331 e. The van der Waals surface area contributed by atoms with E-state index in [4.69, 9.17) is 11.6 Å². The molecule has 0 spiro atoms. The number of hydrogen-bond acceptors (Lipinski definition) is 5. The van der Waals surface area contributed by atoms with Gasteiger partial charge in [-0.3, -0.25) is 0 Å². The van der Waals surface area contributed by atoms with Crippen LogP contribution in [0.25, 0.3) is 0 Å². The van der Waals surface area contributed by atoms with Gasteiger partial charge in [0.2, 0.25) is 5.29 Å². The number of azo groups is 1. The van der Waals surface area contributed by atoms with Crippen molar-refractivity contribution >= 4 is 16.9 Å². The molecule has 1 aromatic rings. The lowest BCUT2D eigenvalue weighted by Gasteiger charge is -2.11. The zero-order valence-electron chi connectivity index (χ0n) is 6.96. The summed E-state index contributed by atoms with van der Waals surface area (Å²) in [5.41, 5.74) is 0.550. The molecule has 1 atom stereocenters. The van der Waals surface area contributed by atoms with Crippen molar-refractivity contribution in [2.75, 3.05) is 0 Å². The first-order chi connectivity index (χ1) is 6.77. The zero-order valence-corrected chi connectivity index (χ0v) is 7.72. The Morgan fingerprint density at radius 1 is 1.29 bits per heavy atom. The van der Waals surface area contributed by atoms with Gasteiger partial charge in [0.25, 0.3) is 0 Å². The lowest BCUT2D eigenvalue weighted by Crippen LogP contribution is -2.14. The molecule has 5 nitrogen and oxygen atoms in total. The van der Waals surface area contributed by atoms with Crippen LogP contribution in [0, 0.1) is 4.91 Å². The average Bonchev–Trinajstić information content (AvgIpc) is 2.63. The molecule has 0 bridgehead atoms. The number of aliphatic imine (C=N–C) groups is 1. The Morgan fingerprint density at radius 2 is 2.00 bits per heavy atom. The fourth-order valence-corrected chi connectivity index (χ4v) is 1.32. The number of benzene rings is 1. The van der Waals surface area contributed by atoms with E-state index < -0.39 is 5.79 Å². The van der Waals surface area contributed by atoms with Gasteiger partial charge in [0.15, 0.2) is 0 Å². The third-order valence-corrected chi connectivity index (χ3v) is 1.97. The van der Waals surface area contributed by atoms with Crippen molar-refractivity contribution in [3.05, 3.63) is 40.8 Å². The van der Waals surface area contributed by atoms with Crippen LogP contribution in [-0.4, -0.2) is 5.29 Å². The Kier molecular flexibility index (Phi) is 2.09. The molecular formula is C8H5ClN4O. The standard InChI is InChI=1S/C8H5ClN4O/c9-7-10-8(13-14,12-11-7)6-4-2-1-3-5-6/h1-5H. The second kappa shape index (κ2) is 3.26. The Balaban J connectivity index is 2.51. The van der Waals surface area contributed by atoms with Gasteiger partial charge in [0.1, 0.15) is 0 Å². The number of halogens is 1. The van der Waals surface area contributed by atoms with E-state index >= 15 is 0 Å². The van der Waals surface area contributed by atoms with E-state index in [-0.39, 0.29) is 5.29 Å². The van der Waals surface area contributed by atoms with Crippen LogP contribution in [0.15, 0.2) is 50.7 Å². The highest BCUT2D eigenvalue weighted by Gasteiger charge is 2.37. The molecule has 1 heterocycles. The summed E-state index contributed by atoms with van der Waals surface area (Å²) in [6, 6.07) is 8.73. The van der Waals surface area contributed by atoms with Crippen LogP contribution in [0.3, 0.4) is 0 Å². The predicted octanol–water partition coefficient (Wildman–Crippen LogP) is 2.62. The van der Waals surface area contributed by atoms with E-state index in [0.29, 0.717) is 5.56 Å². The van der Waals surface area contributed by atoms with E-state index in [1.165, 1.54) is 0 Å². The van der Waals surface area contributed by atoms with Crippen molar-refractivity contribution in [2.24, 2.45) is 20.4 Å². The fraction of sp³-hybridized carbons (Fsp3) is 0.125. The Hall–Kier alpha value is -1.62. The van der Waals surface area contributed by atoms with Crippen molar-refractivity contribution in [1.29, 1.82) is 0 Å². The van der Waals surface area contributed by atoms with Crippen LogP contribution in [-0.2, 0) is 5.79 Å². The molecule has 6 heteroatoms. The summed E-state index contributed by atoms with van der Waals surface area (Å²) < 4.78 is 0. The molecule has 0 N–H and O–H groups in total. The average molecular weight is 209 g/mol. The van der Waals surface area contributed by atoms with E-state index in [1.54, 1.807) is 24.3 Å². The number of amidine groups is 1. The number of hydrogen-bond donors (Lipinski definition) is 0. The number of rotatable bonds is 2. The molecule has 0 saturated carbocycles. The molecule has 0 radical (unpaired) electrons. The first-order valence-electron chi connectivity index (χ1n) is 3.85. The predicted molar refractivity (Wildman–Crippen MR) is 52.1 cm³/mol. The highest BCUT2D eigenvalue weighted by Crippen LogP contribution is 2.33. The van der Waals surface area contributed by atoms with Crippen LogP contribution < -0.4 is 0 Å². The molecule has 0 aliphatic carbocycles. The normalized spacial score (nSPS) is 24.8. The topological polar surface area (TPSA) is 66.5 Å². The van der Waals surface area contributed by atoms with Crippen molar-refractivity contribution in [1.82, 2.24) is 0 Å². The Morgan fingerprint density at radius 3 is 2.50 bits per heavy atom. The Bertz CT molecular complexity index is 417. The van der Waals surface area contributed by atoms with Gasteiger partial charge in [0, 0.05) is 5.56 Å². The summed E-state index contributed by atoms with van der Waals surface area (Å²) in [5, 5.41) is 9.93. The molecule has 0 amide bonds. The number of nitrogens with zero attached hydrogens (tertiary/aromatic N) is 4. The van der Waals surface area contributed by atoms with Crippen LogP contribution >= 0.6 is 11.6 Å². The van der Waals surface area contributed by atoms with Gasteiger partial charge in [0.05, 0.1) is 0 Å². The van der Waals surface area contributed by atoms with Crippen molar-refractivity contribution < 1.29 is 0 Å². The molecule has 0 aromatic heterocycles. The summed E-state index contributed by atoms with van der Waals surface area (Å²) in [4.78, 5) is 14.5. The molecule has 70 valence electrons. The summed E-state index contributed by atoms with van der Waals surface area (Å²) in [6.07, 6.45) is 0. The molecule has 14 heavy (non-hydrogen) atoms. The minimum atomic E-state index is -1.52. The summed E-state index contributed by atoms with van der Waals surface area (Å²) >= 11 is 5.52. The maximum atomic E-state index is 10.7. The number of nitroso groups, excluding NO2 is 1. The molecular weight excluding hydrogens is 204 g/mol. The second-order valence-electron chi connectivity index (χ2n) is 2.67. The molecule has 0 fully saturated rings. The third-order valence-electron chi connectivity index (χ3n) is 1.81. The van der Waals surface area contributed by atoms with E-state index in [1.807, 2.05) is 6.07 Å². The SMILES string of the molecule is O=NC1(c2ccccc2)N=NC(Cl)=N1. The maximum Gasteiger partial charge on any atom is 0.331 e. The molecule has 1 aliphatic rings. The minimum absolute atomic E-state index is 0.0616. The first-order valence-corrected chi connectivity index (χ1v) is 4.23. The fourth-order valence-electron chi connectivity index (χ4n) is 1.16. The lowest BCUT2D eigenvalue weighted by atomic mass is 10.1. The minimum Gasteiger partial charge on any atom is -0.193 e. The van der Waals surface area contributed by atoms with E-state index in [0.717, 1.165) is 0 Å². The highest BCUT2D eigenvalue weighted by molar-refractivity contribution is 6.65. The highest BCUT2D eigenvalue weighted by atomic mass is 35.5.